The van der Waals surface area contributed by atoms with E-state index in [1.54, 1.807) is 24.4 Å². The fourth-order valence-electron chi connectivity index (χ4n) is 3.48. The number of carbonyl (C=O) groups is 2. The van der Waals surface area contributed by atoms with E-state index in [0.717, 1.165) is 16.7 Å². The predicted molar refractivity (Wildman–Crippen MR) is 101 cm³/mol. The van der Waals surface area contributed by atoms with Gasteiger partial charge in [0.15, 0.2) is 5.69 Å². The van der Waals surface area contributed by atoms with Crippen molar-refractivity contribution in [3.8, 4) is 0 Å². The van der Waals surface area contributed by atoms with E-state index in [2.05, 4.69) is 0 Å². The monoisotopic (exact) mass is 352 g/mol. The summed E-state index contributed by atoms with van der Waals surface area (Å²) in [5.74, 6) is -0.488. The number of amides is 1. The quantitative estimate of drug-likeness (QED) is 0.631. The van der Waals surface area contributed by atoms with Crippen LogP contribution in [0.1, 0.15) is 42.3 Å². The van der Waals surface area contributed by atoms with E-state index in [1.807, 2.05) is 51.1 Å². The number of fused-ring (bicyclic) bond motifs is 1. The van der Waals surface area contributed by atoms with Crippen LogP contribution in [0.2, 0.25) is 0 Å². The second-order valence-electron chi connectivity index (χ2n) is 7.31. The Kier molecular flexibility index (Phi) is 4.20. The van der Waals surface area contributed by atoms with Crippen molar-refractivity contribution < 1.29 is 19.4 Å². The molecule has 0 saturated heterocycles. The fraction of sp³-hybridized carbons (Fsp3) is 0.238. The lowest BCUT2D eigenvalue weighted by Gasteiger charge is -2.38. The Bertz CT molecular complexity index is 909. The van der Waals surface area contributed by atoms with Gasteiger partial charge in [-0.2, -0.15) is 9.28 Å². The Morgan fingerprint density at radius 2 is 1.69 bits per heavy atom. The van der Waals surface area contributed by atoms with Gasteiger partial charge in [0, 0.05) is 17.2 Å². The summed E-state index contributed by atoms with van der Waals surface area (Å²) in [6, 6.07) is 14.8. The van der Waals surface area contributed by atoms with E-state index in [9.17, 15) is 14.7 Å². The van der Waals surface area contributed by atoms with Crippen LogP contribution in [-0.2, 0) is 4.74 Å². The smallest absolute Gasteiger partial charge is 0.465 e. The molecular formula is C21H22NO4+. The lowest BCUT2D eigenvalue weighted by atomic mass is 9.97. The number of esters is 1. The second kappa shape index (κ2) is 6.11. The zero-order chi connectivity index (χ0) is 19.1. The second-order valence-corrected chi connectivity index (χ2v) is 7.31. The number of hydrogen-bond donors (Lipinski definition) is 1. The Hall–Kier alpha value is -2.92. The highest BCUT2D eigenvalue weighted by molar-refractivity contribution is 6.02. The molecule has 26 heavy (non-hydrogen) atoms. The van der Waals surface area contributed by atoms with Gasteiger partial charge in [0.1, 0.15) is 11.7 Å². The first-order chi connectivity index (χ1) is 12.2. The normalized spacial score (nSPS) is 18.8. The SMILES string of the molecule is COC(=O)c1ccc2c(c1)[N+](C(=O)O)(C(C)(C)C)C=C2c1ccccc1. The third kappa shape index (κ3) is 2.52. The molecule has 3 rings (SSSR count). The van der Waals surface area contributed by atoms with E-state index in [1.165, 1.54) is 7.11 Å². The third-order valence-electron chi connectivity index (χ3n) is 4.86. The van der Waals surface area contributed by atoms with Crippen molar-refractivity contribution in [2.75, 3.05) is 7.11 Å². The number of ether oxygens (including phenoxy) is 1. The predicted octanol–water partition coefficient (Wildman–Crippen LogP) is 4.66. The van der Waals surface area contributed by atoms with Crippen LogP contribution in [0.15, 0.2) is 54.7 Å². The van der Waals surface area contributed by atoms with Gasteiger partial charge in [0.25, 0.3) is 0 Å². The molecule has 2 aromatic rings. The molecule has 1 aliphatic heterocycles. The fourth-order valence-corrected chi connectivity index (χ4v) is 3.48. The molecule has 5 nitrogen and oxygen atoms in total. The first-order valence-corrected chi connectivity index (χ1v) is 8.36. The highest BCUT2D eigenvalue weighted by Gasteiger charge is 2.54. The van der Waals surface area contributed by atoms with Gasteiger partial charge in [-0.25, -0.2) is 4.79 Å². The Labute approximate surface area is 152 Å². The Morgan fingerprint density at radius 1 is 1.04 bits per heavy atom. The van der Waals surface area contributed by atoms with Gasteiger partial charge >= 0.3 is 12.1 Å². The summed E-state index contributed by atoms with van der Waals surface area (Å²) in [4.78, 5) is 24.5. The van der Waals surface area contributed by atoms with Crippen LogP contribution in [-0.4, -0.2) is 29.8 Å². The van der Waals surface area contributed by atoms with Gasteiger partial charge in [0.2, 0.25) is 0 Å². The molecule has 0 aliphatic carbocycles. The summed E-state index contributed by atoms with van der Waals surface area (Å²) in [6.45, 7) is 5.63. The molecule has 1 N–H and O–H groups in total. The maximum absolute atomic E-state index is 12.5. The minimum Gasteiger partial charge on any atom is -0.465 e. The summed E-state index contributed by atoms with van der Waals surface area (Å²) < 4.78 is 4.42. The number of methoxy groups -OCH3 is 1. The number of rotatable bonds is 2. The zero-order valence-corrected chi connectivity index (χ0v) is 15.3. The molecule has 5 heteroatoms. The highest BCUT2D eigenvalue weighted by Crippen LogP contribution is 2.48. The first-order valence-electron chi connectivity index (χ1n) is 8.36. The number of carboxylic acid groups (broad SMARTS) is 1. The lowest BCUT2D eigenvalue weighted by molar-refractivity contribution is 0.0600. The molecule has 1 atom stereocenters. The van der Waals surface area contributed by atoms with Crippen LogP contribution in [0.5, 0.6) is 0 Å². The van der Waals surface area contributed by atoms with E-state index < -0.39 is 22.1 Å². The molecule has 2 aromatic carbocycles. The highest BCUT2D eigenvalue weighted by atomic mass is 16.5. The zero-order valence-electron chi connectivity index (χ0n) is 15.3. The minimum absolute atomic E-state index is 0.335. The summed E-state index contributed by atoms with van der Waals surface area (Å²) >= 11 is 0. The lowest BCUT2D eigenvalue weighted by Crippen LogP contribution is -2.60. The molecule has 0 radical (unpaired) electrons. The molecule has 1 amide bonds. The van der Waals surface area contributed by atoms with Gasteiger partial charge in [-0.3, -0.25) is 0 Å². The number of quaternary nitrogens is 1. The van der Waals surface area contributed by atoms with Crippen molar-refractivity contribution in [1.82, 2.24) is 4.48 Å². The van der Waals surface area contributed by atoms with Crippen LogP contribution in [0.3, 0.4) is 0 Å². The molecule has 0 fully saturated rings. The molecule has 0 saturated carbocycles. The third-order valence-corrected chi connectivity index (χ3v) is 4.86. The van der Waals surface area contributed by atoms with Gasteiger partial charge in [-0.15, -0.1) is 0 Å². The first kappa shape index (κ1) is 17.9. The molecular weight excluding hydrogens is 330 g/mol. The summed E-state index contributed by atoms with van der Waals surface area (Å²) in [5, 5.41) is 10.2. The van der Waals surface area contributed by atoms with Crippen molar-refractivity contribution in [3.63, 3.8) is 0 Å². The minimum atomic E-state index is -0.994. The summed E-state index contributed by atoms with van der Waals surface area (Å²) in [5.41, 5.74) is 2.82. The largest absolute Gasteiger partial charge is 0.523 e. The van der Waals surface area contributed by atoms with Crippen LogP contribution >= 0.6 is 0 Å². The summed E-state index contributed by atoms with van der Waals surface area (Å²) in [6.07, 6.45) is 0.773. The number of carbonyl (C=O) groups excluding carboxylic acids is 1. The molecule has 1 aliphatic rings. The standard InChI is InChI=1S/C21H21NO4/c1-21(2,3)22(20(24)25)13-17(14-8-6-5-7-9-14)16-11-10-15(12-18(16)22)19(23)26-4/h5-13H,1-4H3/p+1. The van der Waals surface area contributed by atoms with Gasteiger partial charge < -0.3 is 9.84 Å². The van der Waals surface area contributed by atoms with Crippen LogP contribution in [0, 0.1) is 0 Å². The molecule has 0 bridgehead atoms. The van der Waals surface area contributed by atoms with Crippen LogP contribution in [0.25, 0.3) is 5.57 Å². The van der Waals surface area contributed by atoms with Crippen molar-refractivity contribution in [2.45, 2.75) is 26.3 Å². The Morgan fingerprint density at radius 3 is 2.23 bits per heavy atom. The summed E-state index contributed by atoms with van der Waals surface area (Å²) in [7, 11) is 1.31. The number of benzene rings is 2. The molecule has 0 aromatic heterocycles. The van der Waals surface area contributed by atoms with Gasteiger partial charge in [-0.05, 0) is 38.5 Å². The number of hydrogen-bond acceptors (Lipinski definition) is 3. The van der Waals surface area contributed by atoms with Crippen molar-refractivity contribution >= 4 is 23.3 Å². The average Bonchev–Trinajstić information content (AvgIpc) is 2.97. The maximum Gasteiger partial charge on any atom is 0.523 e. The molecule has 1 heterocycles. The molecule has 0 spiro atoms. The van der Waals surface area contributed by atoms with Crippen LogP contribution < -0.4 is 4.48 Å². The van der Waals surface area contributed by atoms with Gasteiger partial charge in [0.05, 0.1) is 12.7 Å². The van der Waals surface area contributed by atoms with Crippen molar-refractivity contribution in [1.29, 1.82) is 0 Å². The van der Waals surface area contributed by atoms with E-state index in [4.69, 9.17) is 4.74 Å². The van der Waals surface area contributed by atoms with Crippen molar-refractivity contribution in [3.05, 3.63) is 71.4 Å². The van der Waals surface area contributed by atoms with Crippen molar-refractivity contribution in [2.24, 2.45) is 0 Å². The van der Waals surface area contributed by atoms with E-state index in [0.29, 0.717) is 11.3 Å². The molecule has 1 unspecified atom stereocenters. The van der Waals surface area contributed by atoms with Crippen LogP contribution in [0.4, 0.5) is 10.5 Å². The topological polar surface area (TPSA) is 63.6 Å². The van der Waals surface area contributed by atoms with E-state index in [-0.39, 0.29) is 0 Å². The average molecular weight is 352 g/mol. The van der Waals surface area contributed by atoms with Gasteiger partial charge in [-0.1, -0.05) is 30.3 Å². The molecule has 134 valence electrons. The maximum atomic E-state index is 12.5. The van der Waals surface area contributed by atoms with E-state index >= 15 is 0 Å². The number of nitrogens with zero attached hydrogens (tertiary/aromatic N) is 1. The Balaban J connectivity index is 2.34.